The number of ether oxygens (including phenoxy) is 2. The van der Waals surface area contributed by atoms with Crippen molar-refractivity contribution < 1.29 is 14.3 Å². The molecule has 0 aromatic heterocycles. The second-order valence-electron chi connectivity index (χ2n) is 6.88. The number of nitrogens with one attached hydrogen (secondary N) is 1. The molecule has 1 N–H and O–H groups in total. The van der Waals surface area contributed by atoms with Crippen molar-refractivity contribution in [1.82, 2.24) is 5.32 Å². The molecule has 0 aliphatic carbocycles. The van der Waals surface area contributed by atoms with Crippen molar-refractivity contribution in [3.8, 4) is 6.07 Å². The Balaban J connectivity index is 0. The van der Waals surface area contributed by atoms with Crippen LogP contribution < -0.4 is 5.32 Å². The molecule has 0 rings (SSSR count). The summed E-state index contributed by atoms with van der Waals surface area (Å²) >= 11 is 0. The number of hydrogen-bond donors (Lipinski definition) is 1. The second kappa shape index (κ2) is 18.2. The number of amides is 1. The van der Waals surface area contributed by atoms with E-state index < -0.39 is 11.7 Å². The van der Waals surface area contributed by atoms with E-state index in [9.17, 15) is 4.79 Å². The molecule has 0 unspecified atom stereocenters. The Labute approximate surface area is 183 Å². The fourth-order valence-corrected chi connectivity index (χ4v) is 1.98. The molecule has 0 saturated carbocycles. The molecule has 0 aromatic rings. The highest BCUT2D eigenvalue weighted by Crippen LogP contribution is 2.11. The first-order valence-electron chi connectivity index (χ1n) is 10.4. The third-order valence-electron chi connectivity index (χ3n) is 3.27. The first-order chi connectivity index (χ1) is 14.3. The summed E-state index contributed by atoms with van der Waals surface area (Å²) in [5.74, 6) is 0.859. The summed E-state index contributed by atoms with van der Waals surface area (Å²) in [4.78, 5) is 15.4. The van der Waals surface area contributed by atoms with Gasteiger partial charge in [-0.1, -0.05) is 45.6 Å². The summed E-state index contributed by atoms with van der Waals surface area (Å²) in [6, 6.07) is 2.00. The van der Waals surface area contributed by atoms with Gasteiger partial charge in [0.15, 0.2) is 0 Å². The lowest BCUT2D eigenvalue weighted by molar-refractivity contribution is 0.0523. The van der Waals surface area contributed by atoms with E-state index in [1.807, 2.05) is 59.8 Å². The molecule has 0 spiro atoms. The fourth-order valence-electron chi connectivity index (χ4n) is 1.98. The number of aliphatic imine (C=N–C) groups is 1. The third kappa shape index (κ3) is 17.3. The molecule has 0 heterocycles. The van der Waals surface area contributed by atoms with Crippen LogP contribution in [0.15, 0.2) is 53.3 Å². The zero-order valence-corrected chi connectivity index (χ0v) is 19.7. The predicted octanol–water partition coefficient (Wildman–Crippen LogP) is 5.89. The lowest BCUT2D eigenvalue weighted by Crippen LogP contribution is -2.33. The van der Waals surface area contributed by atoms with Gasteiger partial charge in [-0.25, -0.2) is 4.79 Å². The Bertz CT molecular complexity index is 660. The summed E-state index contributed by atoms with van der Waals surface area (Å²) < 4.78 is 11.0. The van der Waals surface area contributed by atoms with E-state index in [1.165, 1.54) is 0 Å². The molecule has 0 bridgehead atoms. The molecule has 0 aliphatic heterocycles. The minimum absolute atomic E-state index is 0.353. The van der Waals surface area contributed by atoms with Crippen molar-refractivity contribution in [1.29, 1.82) is 5.26 Å². The van der Waals surface area contributed by atoms with Crippen LogP contribution >= 0.6 is 0 Å². The Morgan fingerprint density at radius 1 is 1.23 bits per heavy atom. The molecule has 0 saturated heterocycles. The van der Waals surface area contributed by atoms with Crippen LogP contribution in [0.2, 0.25) is 0 Å². The van der Waals surface area contributed by atoms with E-state index in [0.29, 0.717) is 31.7 Å². The zero-order chi connectivity index (χ0) is 23.4. The number of allylic oxidation sites excluding steroid dienone is 6. The summed E-state index contributed by atoms with van der Waals surface area (Å²) in [6.07, 6.45) is 10.9. The number of hydrogen-bond acceptors (Lipinski definition) is 5. The van der Waals surface area contributed by atoms with Gasteiger partial charge in [-0.3, -0.25) is 4.99 Å². The van der Waals surface area contributed by atoms with Crippen LogP contribution in [0.5, 0.6) is 0 Å². The van der Waals surface area contributed by atoms with E-state index >= 15 is 0 Å². The third-order valence-corrected chi connectivity index (χ3v) is 3.27. The van der Waals surface area contributed by atoms with E-state index in [0.717, 1.165) is 17.8 Å². The van der Waals surface area contributed by atoms with Gasteiger partial charge >= 0.3 is 6.09 Å². The van der Waals surface area contributed by atoms with Crippen LogP contribution in [-0.2, 0) is 9.47 Å². The Morgan fingerprint density at radius 3 is 2.40 bits per heavy atom. The maximum absolute atomic E-state index is 11.6. The van der Waals surface area contributed by atoms with Gasteiger partial charge in [-0.15, -0.1) is 0 Å². The Kier molecular flexibility index (Phi) is 17.9. The SMILES string of the molecule is C=CC(=CC/C(=C\CC)OCCCNC(=O)OC(C)(C)C)/C=C\C(C#N)=NC.CC. The number of nitrogens with zero attached hydrogens (tertiary/aromatic N) is 2. The van der Waals surface area contributed by atoms with Crippen LogP contribution in [0.3, 0.4) is 0 Å². The van der Waals surface area contributed by atoms with Crippen molar-refractivity contribution >= 4 is 11.8 Å². The highest BCUT2D eigenvalue weighted by atomic mass is 16.6. The lowest BCUT2D eigenvalue weighted by Gasteiger charge is -2.19. The van der Waals surface area contributed by atoms with E-state index in [2.05, 4.69) is 16.9 Å². The van der Waals surface area contributed by atoms with Gasteiger partial charge in [0.05, 0.1) is 12.4 Å². The molecule has 0 radical (unpaired) electrons. The number of carbonyl (C=O) groups is 1. The minimum atomic E-state index is -0.502. The quantitative estimate of drug-likeness (QED) is 0.197. The molecule has 0 aromatic carbocycles. The monoisotopic (exact) mass is 417 g/mol. The average Bonchev–Trinajstić information content (AvgIpc) is 2.70. The molecule has 0 fully saturated rings. The van der Waals surface area contributed by atoms with Crippen molar-refractivity contribution in [2.45, 2.75) is 66.4 Å². The lowest BCUT2D eigenvalue weighted by atomic mass is 10.1. The number of carbonyl (C=O) groups excluding carboxylic acids is 1. The maximum atomic E-state index is 11.6. The Morgan fingerprint density at radius 2 is 1.90 bits per heavy atom. The predicted molar refractivity (Wildman–Crippen MR) is 126 cm³/mol. The molecule has 30 heavy (non-hydrogen) atoms. The van der Waals surface area contributed by atoms with Gasteiger partial charge in [0.1, 0.15) is 17.4 Å². The number of rotatable bonds is 11. The van der Waals surface area contributed by atoms with Crippen molar-refractivity contribution in [2.75, 3.05) is 20.2 Å². The van der Waals surface area contributed by atoms with E-state index in [-0.39, 0.29) is 0 Å². The summed E-state index contributed by atoms with van der Waals surface area (Å²) in [6.45, 7) is 16.3. The molecule has 0 aliphatic rings. The van der Waals surface area contributed by atoms with Crippen LogP contribution in [0.4, 0.5) is 4.79 Å². The van der Waals surface area contributed by atoms with Gasteiger partial charge in [-0.05, 0) is 51.3 Å². The highest BCUT2D eigenvalue weighted by Gasteiger charge is 2.15. The van der Waals surface area contributed by atoms with Crippen molar-refractivity contribution in [2.24, 2.45) is 4.99 Å². The molecule has 168 valence electrons. The average molecular weight is 418 g/mol. The molecule has 1 amide bonds. The van der Waals surface area contributed by atoms with E-state index in [1.54, 1.807) is 25.3 Å². The minimum Gasteiger partial charge on any atom is -0.498 e. The normalized spacial score (nSPS) is 12.5. The first kappa shape index (κ1) is 29.4. The molecule has 6 heteroatoms. The second-order valence-corrected chi connectivity index (χ2v) is 6.88. The first-order valence-corrected chi connectivity index (χ1v) is 10.4. The summed E-state index contributed by atoms with van der Waals surface area (Å²) in [5, 5.41) is 11.6. The highest BCUT2D eigenvalue weighted by molar-refractivity contribution is 6.07. The number of nitriles is 1. The fraction of sp³-hybridized carbons (Fsp3) is 0.542. The molecular weight excluding hydrogens is 378 g/mol. The molecular formula is C24H39N3O3. The van der Waals surface area contributed by atoms with Gasteiger partial charge in [0, 0.05) is 20.0 Å². The van der Waals surface area contributed by atoms with Gasteiger partial charge in [0.25, 0.3) is 0 Å². The largest absolute Gasteiger partial charge is 0.498 e. The zero-order valence-electron chi connectivity index (χ0n) is 19.7. The van der Waals surface area contributed by atoms with Gasteiger partial charge in [0.2, 0.25) is 0 Å². The van der Waals surface area contributed by atoms with Crippen molar-refractivity contribution in [3.05, 3.63) is 48.3 Å². The van der Waals surface area contributed by atoms with Crippen LogP contribution in [0.25, 0.3) is 0 Å². The summed E-state index contributed by atoms with van der Waals surface area (Å²) in [7, 11) is 1.58. The Hall–Kier alpha value is -2.81. The van der Waals surface area contributed by atoms with Crippen LogP contribution in [-0.4, -0.2) is 37.6 Å². The van der Waals surface area contributed by atoms with Gasteiger partial charge in [-0.2, -0.15) is 5.26 Å². The topological polar surface area (TPSA) is 83.7 Å². The smallest absolute Gasteiger partial charge is 0.407 e. The van der Waals surface area contributed by atoms with Gasteiger partial charge < -0.3 is 14.8 Å². The van der Waals surface area contributed by atoms with Crippen LogP contribution in [0, 0.1) is 11.3 Å². The molecule has 6 nitrogen and oxygen atoms in total. The van der Waals surface area contributed by atoms with E-state index in [4.69, 9.17) is 14.7 Å². The standard InChI is InChI=1S/C22H33N3O3.C2H6/c1-7-10-20(14-12-18(8-2)11-13-19(17-23)24-6)27-16-9-15-25-21(26)28-22(3,4)5;1-2/h8,10-13H,2,7,9,14-16H2,1,3-6H3,(H,25,26);1-2H3/b13-11-,18-12?,20-10+,24-19?;. The summed E-state index contributed by atoms with van der Waals surface area (Å²) in [5.41, 5.74) is 0.734. The number of alkyl carbamates (subject to hydrolysis) is 1. The molecule has 0 atom stereocenters. The van der Waals surface area contributed by atoms with Crippen molar-refractivity contribution in [3.63, 3.8) is 0 Å². The van der Waals surface area contributed by atoms with Crippen LogP contribution in [0.1, 0.15) is 60.8 Å². The maximum Gasteiger partial charge on any atom is 0.407 e.